The Bertz CT molecular complexity index is 279. The number of nitrogens with zero attached hydrogens (tertiary/aromatic N) is 2. The summed E-state index contributed by atoms with van der Waals surface area (Å²) in [5.41, 5.74) is 3.25. The zero-order chi connectivity index (χ0) is 9.80. The smallest absolute Gasteiger partial charge is 0.0798 e. The molecular formula is C10H17N3S. The van der Waals surface area contributed by atoms with Crippen LogP contribution in [0.25, 0.3) is 0 Å². The van der Waals surface area contributed by atoms with Crippen molar-refractivity contribution in [2.24, 2.45) is 0 Å². The van der Waals surface area contributed by atoms with Gasteiger partial charge in [0.25, 0.3) is 0 Å². The summed E-state index contributed by atoms with van der Waals surface area (Å²) in [5, 5.41) is 3.37. The van der Waals surface area contributed by atoms with E-state index in [0.29, 0.717) is 0 Å². The van der Waals surface area contributed by atoms with E-state index in [1.807, 2.05) is 5.51 Å². The summed E-state index contributed by atoms with van der Waals surface area (Å²) in [7, 11) is 0. The monoisotopic (exact) mass is 211 g/mol. The van der Waals surface area contributed by atoms with Gasteiger partial charge in [-0.25, -0.2) is 4.98 Å². The summed E-state index contributed by atoms with van der Waals surface area (Å²) in [5.74, 6) is 0. The molecule has 1 aliphatic heterocycles. The minimum Gasteiger partial charge on any atom is -0.314 e. The van der Waals surface area contributed by atoms with Crippen LogP contribution in [0, 0.1) is 0 Å². The fourth-order valence-electron chi connectivity index (χ4n) is 1.78. The average Bonchev–Trinajstić information content (AvgIpc) is 2.67. The Labute approximate surface area is 89.1 Å². The van der Waals surface area contributed by atoms with Crippen molar-refractivity contribution < 1.29 is 0 Å². The molecule has 2 rings (SSSR count). The minimum absolute atomic E-state index is 1.06. The Morgan fingerprint density at radius 2 is 2.29 bits per heavy atom. The van der Waals surface area contributed by atoms with Crippen molar-refractivity contribution in [3.63, 3.8) is 0 Å². The van der Waals surface area contributed by atoms with Crippen LogP contribution in [0.15, 0.2) is 5.51 Å². The van der Waals surface area contributed by atoms with Gasteiger partial charge in [0.1, 0.15) is 0 Å². The molecule has 0 spiro atoms. The Kier molecular flexibility index (Phi) is 3.50. The van der Waals surface area contributed by atoms with Gasteiger partial charge in [-0.1, -0.05) is 6.92 Å². The number of hydrogen-bond acceptors (Lipinski definition) is 4. The highest BCUT2D eigenvalue weighted by atomic mass is 32.1. The highest BCUT2D eigenvalue weighted by Gasteiger charge is 2.12. The van der Waals surface area contributed by atoms with Crippen molar-refractivity contribution in [1.29, 1.82) is 0 Å². The molecular weight excluding hydrogens is 194 g/mol. The molecule has 0 amide bonds. The Hall–Kier alpha value is -0.450. The average molecular weight is 211 g/mol. The number of aromatic nitrogens is 1. The van der Waals surface area contributed by atoms with Crippen LogP contribution in [0.2, 0.25) is 0 Å². The lowest BCUT2D eigenvalue weighted by Gasteiger charge is -2.26. The highest BCUT2D eigenvalue weighted by Crippen LogP contribution is 2.16. The fourth-order valence-corrected chi connectivity index (χ4v) is 2.68. The van der Waals surface area contributed by atoms with Gasteiger partial charge in [-0.3, -0.25) is 4.90 Å². The SMILES string of the molecule is CCc1ncsc1CN1CCNCC1. The molecule has 1 aromatic rings. The maximum Gasteiger partial charge on any atom is 0.0798 e. The molecule has 14 heavy (non-hydrogen) atoms. The first-order valence-corrected chi connectivity index (χ1v) is 6.12. The zero-order valence-electron chi connectivity index (χ0n) is 8.62. The van der Waals surface area contributed by atoms with Crippen LogP contribution in [-0.4, -0.2) is 36.1 Å². The standard InChI is InChI=1S/C10H17N3S/c1-2-9-10(14-8-12-9)7-13-5-3-11-4-6-13/h8,11H,2-7H2,1H3. The van der Waals surface area contributed by atoms with Crippen LogP contribution in [0.5, 0.6) is 0 Å². The fraction of sp³-hybridized carbons (Fsp3) is 0.700. The molecule has 0 atom stereocenters. The van der Waals surface area contributed by atoms with E-state index in [2.05, 4.69) is 22.1 Å². The molecule has 0 aromatic carbocycles. The van der Waals surface area contributed by atoms with Gasteiger partial charge in [-0.2, -0.15) is 0 Å². The van der Waals surface area contributed by atoms with Crippen LogP contribution >= 0.6 is 11.3 Å². The molecule has 0 unspecified atom stereocenters. The number of hydrogen-bond donors (Lipinski definition) is 1. The number of thiazole rings is 1. The first-order valence-electron chi connectivity index (χ1n) is 5.24. The van der Waals surface area contributed by atoms with Crippen LogP contribution in [-0.2, 0) is 13.0 Å². The molecule has 1 fully saturated rings. The second kappa shape index (κ2) is 4.87. The zero-order valence-corrected chi connectivity index (χ0v) is 9.44. The van der Waals surface area contributed by atoms with Gasteiger partial charge in [0.05, 0.1) is 11.2 Å². The third-order valence-electron chi connectivity index (χ3n) is 2.64. The molecule has 78 valence electrons. The minimum atomic E-state index is 1.06. The molecule has 2 heterocycles. The highest BCUT2D eigenvalue weighted by molar-refractivity contribution is 7.09. The van der Waals surface area contributed by atoms with Crippen molar-refractivity contribution in [3.05, 3.63) is 16.1 Å². The quantitative estimate of drug-likeness (QED) is 0.812. The Balaban J connectivity index is 1.95. The predicted molar refractivity (Wildman–Crippen MR) is 59.6 cm³/mol. The van der Waals surface area contributed by atoms with Crippen LogP contribution in [0.1, 0.15) is 17.5 Å². The van der Waals surface area contributed by atoms with E-state index in [-0.39, 0.29) is 0 Å². The molecule has 0 saturated carbocycles. The lowest BCUT2D eigenvalue weighted by Crippen LogP contribution is -2.42. The van der Waals surface area contributed by atoms with Gasteiger partial charge in [0, 0.05) is 37.6 Å². The molecule has 0 radical (unpaired) electrons. The lowest BCUT2D eigenvalue weighted by atomic mass is 10.2. The molecule has 1 aliphatic rings. The van der Waals surface area contributed by atoms with Crippen molar-refractivity contribution >= 4 is 11.3 Å². The van der Waals surface area contributed by atoms with Crippen molar-refractivity contribution in [3.8, 4) is 0 Å². The van der Waals surface area contributed by atoms with Crippen LogP contribution in [0.4, 0.5) is 0 Å². The van der Waals surface area contributed by atoms with E-state index in [1.54, 1.807) is 11.3 Å². The lowest BCUT2D eigenvalue weighted by molar-refractivity contribution is 0.234. The molecule has 0 bridgehead atoms. The van der Waals surface area contributed by atoms with E-state index in [9.17, 15) is 0 Å². The van der Waals surface area contributed by atoms with Gasteiger partial charge in [0.2, 0.25) is 0 Å². The van der Waals surface area contributed by atoms with Crippen LogP contribution < -0.4 is 5.32 Å². The molecule has 0 aliphatic carbocycles. The Morgan fingerprint density at radius 1 is 1.50 bits per heavy atom. The van der Waals surface area contributed by atoms with Crippen LogP contribution in [0.3, 0.4) is 0 Å². The van der Waals surface area contributed by atoms with Crippen molar-refractivity contribution in [1.82, 2.24) is 15.2 Å². The topological polar surface area (TPSA) is 28.2 Å². The van der Waals surface area contributed by atoms with E-state index < -0.39 is 0 Å². The van der Waals surface area contributed by atoms with E-state index in [4.69, 9.17) is 0 Å². The molecule has 3 nitrogen and oxygen atoms in total. The summed E-state index contributed by atoms with van der Waals surface area (Å²) in [6.45, 7) is 7.86. The summed E-state index contributed by atoms with van der Waals surface area (Å²) in [6, 6.07) is 0. The maximum atomic E-state index is 4.38. The third kappa shape index (κ3) is 2.32. The van der Waals surface area contributed by atoms with Crippen molar-refractivity contribution in [2.75, 3.05) is 26.2 Å². The first-order chi connectivity index (χ1) is 6.90. The molecule has 4 heteroatoms. The van der Waals surface area contributed by atoms with Gasteiger partial charge in [0.15, 0.2) is 0 Å². The second-order valence-electron chi connectivity index (χ2n) is 3.60. The summed E-state index contributed by atoms with van der Waals surface area (Å²) >= 11 is 1.79. The summed E-state index contributed by atoms with van der Waals surface area (Å²) < 4.78 is 0. The summed E-state index contributed by atoms with van der Waals surface area (Å²) in [6.07, 6.45) is 1.06. The molecule has 1 N–H and O–H groups in total. The van der Waals surface area contributed by atoms with Gasteiger partial charge < -0.3 is 5.32 Å². The van der Waals surface area contributed by atoms with E-state index in [0.717, 1.165) is 26.1 Å². The normalized spacial score (nSPS) is 18.6. The van der Waals surface area contributed by atoms with E-state index in [1.165, 1.54) is 23.7 Å². The third-order valence-corrected chi connectivity index (χ3v) is 3.50. The van der Waals surface area contributed by atoms with Crippen molar-refractivity contribution in [2.45, 2.75) is 19.9 Å². The number of piperazine rings is 1. The number of aryl methyl sites for hydroxylation is 1. The molecule has 1 saturated heterocycles. The second-order valence-corrected chi connectivity index (χ2v) is 4.54. The molecule has 1 aromatic heterocycles. The first kappa shape index (κ1) is 10.1. The van der Waals surface area contributed by atoms with Gasteiger partial charge >= 0.3 is 0 Å². The van der Waals surface area contributed by atoms with E-state index >= 15 is 0 Å². The van der Waals surface area contributed by atoms with Gasteiger partial charge in [-0.15, -0.1) is 11.3 Å². The predicted octanol–water partition coefficient (Wildman–Crippen LogP) is 1.11. The van der Waals surface area contributed by atoms with Gasteiger partial charge in [-0.05, 0) is 6.42 Å². The maximum absolute atomic E-state index is 4.38. The summed E-state index contributed by atoms with van der Waals surface area (Å²) in [4.78, 5) is 8.33. The Morgan fingerprint density at radius 3 is 3.00 bits per heavy atom. The number of nitrogens with one attached hydrogen (secondary N) is 1. The number of rotatable bonds is 3. The largest absolute Gasteiger partial charge is 0.314 e.